The quantitative estimate of drug-likeness (QED) is 0.314. The molecule has 1 aromatic heterocycles. The second-order valence-electron chi connectivity index (χ2n) is 12.4. The van der Waals surface area contributed by atoms with Gasteiger partial charge in [-0.25, -0.2) is 4.79 Å². The van der Waals surface area contributed by atoms with Crippen LogP contribution in [0.3, 0.4) is 0 Å². The molecule has 4 aliphatic rings. The van der Waals surface area contributed by atoms with Gasteiger partial charge in [0, 0.05) is 17.0 Å². The Balaban J connectivity index is 1.50. The molecule has 33 heavy (non-hydrogen) atoms. The van der Waals surface area contributed by atoms with E-state index in [-0.39, 0.29) is 5.97 Å². The van der Waals surface area contributed by atoms with Gasteiger partial charge in [-0.05, 0) is 118 Å². The highest BCUT2D eigenvalue weighted by Crippen LogP contribution is 2.61. The molecule has 2 aromatic carbocycles. The average molecular weight is 442 g/mol. The second-order valence-corrected chi connectivity index (χ2v) is 12.4. The van der Waals surface area contributed by atoms with Crippen molar-refractivity contribution in [2.24, 2.45) is 23.2 Å². The molecule has 4 fully saturated rings. The van der Waals surface area contributed by atoms with E-state index in [9.17, 15) is 4.79 Å². The SMILES string of the molecule is Cc1cccc2c1cnc1c(CC34CC5CC(CC(C5)C3)C4)ccc(C(=O)OC(C)(C)C)c12. The van der Waals surface area contributed by atoms with E-state index >= 15 is 0 Å². The molecule has 0 amide bonds. The zero-order valence-electron chi connectivity index (χ0n) is 20.4. The smallest absolute Gasteiger partial charge is 0.339 e. The van der Waals surface area contributed by atoms with E-state index in [1.165, 1.54) is 49.7 Å². The fourth-order valence-corrected chi connectivity index (χ4v) is 7.81. The maximum atomic E-state index is 13.3. The van der Waals surface area contributed by atoms with Crippen LogP contribution in [0, 0.1) is 30.1 Å². The van der Waals surface area contributed by atoms with E-state index in [1.54, 1.807) is 0 Å². The molecular formula is C30H35NO2. The van der Waals surface area contributed by atoms with Crippen LogP contribution in [-0.4, -0.2) is 16.6 Å². The summed E-state index contributed by atoms with van der Waals surface area (Å²) in [6.45, 7) is 7.89. The Morgan fingerprint density at radius 1 is 1.00 bits per heavy atom. The first kappa shape index (κ1) is 21.1. The Bertz CT molecular complexity index is 1230. The number of carbonyl (C=O) groups excluding carboxylic acids is 1. The molecule has 3 heteroatoms. The van der Waals surface area contributed by atoms with Crippen molar-refractivity contribution in [1.82, 2.24) is 4.98 Å². The molecule has 3 nitrogen and oxygen atoms in total. The van der Waals surface area contributed by atoms with Gasteiger partial charge >= 0.3 is 5.97 Å². The molecule has 7 rings (SSSR count). The van der Waals surface area contributed by atoms with Crippen LogP contribution >= 0.6 is 0 Å². The molecule has 0 N–H and O–H groups in total. The van der Waals surface area contributed by atoms with Gasteiger partial charge in [0.25, 0.3) is 0 Å². The number of benzene rings is 2. The highest BCUT2D eigenvalue weighted by molar-refractivity contribution is 6.16. The number of carbonyl (C=O) groups is 1. The summed E-state index contributed by atoms with van der Waals surface area (Å²) in [6, 6.07) is 10.5. The lowest BCUT2D eigenvalue weighted by atomic mass is 9.48. The molecule has 4 aliphatic carbocycles. The molecule has 0 atom stereocenters. The van der Waals surface area contributed by atoms with Crippen molar-refractivity contribution in [3.05, 3.63) is 53.2 Å². The van der Waals surface area contributed by atoms with Crippen LogP contribution in [-0.2, 0) is 11.2 Å². The van der Waals surface area contributed by atoms with Crippen molar-refractivity contribution in [2.45, 2.75) is 78.2 Å². The normalized spacial score (nSPS) is 28.5. The minimum absolute atomic E-state index is 0.260. The summed E-state index contributed by atoms with van der Waals surface area (Å²) in [5.74, 6) is 2.53. The molecule has 172 valence electrons. The van der Waals surface area contributed by atoms with Crippen molar-refractivity contribution < 1.29 is 9.53 Å². The van der Waals surface area contributed by atoms with Gasteiger partial charge in [0.15, 0.2) is 0 Å². The van der Waals surface area contributed by atoms with Crippen molar-refractivity contribution in [2.75, 3.05) is 0 Å². The molecule has 4 saturated carbocycles. The Morgan fingerprint density at radius 2 is 1.67 bits per heavy atom. The Kier molecular flexibility index (Phi) is 4.67. The molecule has 1 heterocycles. The molecule has 0 spiro atoms. The molecule has 0 radical (unpaired) electrons. The standard InChI is InChI=1S/C30H35NO2/c1-18-6-5-7-23-25(18)17-31-27-22(8-9-24(26(23)27)28(32)33-29(2,3)4)16-30-13-19-10-20(14-30)12-21(11-19)15-30/h5-9,17,19-21H,10-16H2,1-4H3. The maximum absolute atomic E-state index is 13.3. The van der Waals surface area contributed by atoms with Crippen LogP contribution in [0.4, 0.5) is 0 Å². The largest absolute Gasteiger partial charge is 0.456 e. The van der Waals surface area contributed by atoms with Crippen molar-refractivity contribution in [3.63, 3.8) is 0 Å². The number of esters is 1. The van der Waals surface area contributed by atoms with E-state index < -0.39 is 5.60 Å². The number of ether oxygens (including phenoxy) is 1. The van der Waals surface area contributed by atoms with Crippen LogP contribution in [0.15, 0.2) is 36.5 Å². The van der Waals surface area contributed by atoms with Gasteiger partial charge in [-0.2, -0.15) is 0 Å². The van der Waals surface area contributed by atoms with Gasteiger partial charge in [0.1, 0.15) is 5.60 Å². The minimum atomic E-state index is -0.533. The van der Waals surface area contributed by atoms with Crippen molar-refractivity contribution in [1.29, 1.82) is 0 Å². The zero-order valence-corrected chi connectivity index (χ0v) is 20.4. The van der Waals surface area contributed by atoms with Gasteiger partial charge in [0.2, 0.25) is 0 Å². The summed E-state index contributed by atoms with van der Waals surface area (Å²) in [7, 11) is 0. The van der Waals surface area contributed by atoms with Crippen LogP contribution in [0.5, 0.6) is 0 Å². The monoisotopic (exact) mass is 441 g/mol. The zero-order chi connectivity index (χ0) is 23.0. The van der Waals surface area contributed by atoms with Crippen molar-refractivity contribution >= 4 is 27.6 Å². The molecule has 0 saturated heterocycles. The fraction of sp³-hybridized carbons (Fsp3) is 0.533. The topological polar surface area (TPSA) is 39.2 Å². The van der Waals surface area contributed by atoms with Crippen LogP contribution in [0.1, 0.15) is 80.8 Å². The third-order valence-corrected chi connectivity index (χ3v) is 8.53. The number of pyridine rings is 1. The highest BCUT2D eigenvalue weighted by Gasteiger charge is 2.50. The predicted octanol–water partition coefficient (Wildman–Crippen LogP) is 7.41. The number of fused-ring (bicyclic) bond motifs is 3. The average Bonchev–Trinajstić information content (AvgIpc) is 2.71. The Labute approximate surface area is 196 Å². The van der Waals surface area contributed by atoms with Crippen LogP contribution in [0.2, 0.25) is 0 Å². The van der Waals surface area contributed by atoms with E-state index in [2.05, 4.69) is 31.2 Å². The van der Waals surface area contributed by atoms with E-state index in [0.29, 0.717) is 11.0 Å². The van der Waals surface area contributed by atoms with Gasteiger partial charge in [-0.3, -0.25) is 4.98 Å². The second kappa shape index (κ2) is 7.29. The van der Waals surface area contributed by atoms with Crippen LogP contribution in [0.25, 0.3) is 21.7 Å². The highest BCUT2D eigenvalue weighted by atomic mass is 16.6. The Morgan fingerprint density at radius 3 is 2.30 bits per heavy atom. The molecule has 4 bridgehead atoms. The predicted molar refractivity (Wildman–Crippen MR) is 133 cm³/mol. The lowest BCUT2D eigenvalue weighted by molar-refractivity contribution is -0.0520. The number of hydrogen-bond donors (Lipinski definition) is 0. The summed E-state index contributed by atoms with van der Waals surface area (Å²) in [5.41, 5.74) is 4.02. The van der Waals surface area contributed by atoms with Gasteiger partial charge in [-0.15, -0.1) is 0 Å². The van der Waals surface area contributed by atoms with E-state index in [4.69, 9.17) is 9.72 Å². The van der Waals surface area contributed by atoms with Gasteiger partial charge in [0.05, 0.1) is 11.1 Å². The first-order valence-electron chi connectivity index (χ1n) is 12.7. The number of aryl methyl sites for hydroxylation is 1. The van der Waals surface area contributed by atoms with Gasteiger partial charge in [-0.1, -0.05) is 24.3 Å². The van der Waals surface area contributed by atoms with E-state index in [1.807, 2.05) is 33.0 Å². The number of aromatic nitrogens is 1. The third kappa shape index (κ3) is 3.64. The summed E-state index contributed by atoms with van der Waals surface area (Å²) in [5, 5.41) is 3.18. The molecule has 0 aliphatic heterocycles. The maximum Gasteiger partial charge on any atom is 0.339 e. The first-order valence-corrected chi connectivity index (χ1v) is 12.7. The lowest BCUT2D eigenvalue weighted by Crippen LogP contribution is -2.47. The summed E-state index contributed by atoms with van der Waals surface area (Å²) in [4.78, 5) is 18.3. The summed E-state index contributed by atoms with van der Waals surface area (Å²) >= 11 is 0. The number of hydrogen-bond acceptors (Lipinski definition) is 3. The first-order chi connectivity index (χ1) is 15.7. The van der Waals surface area contributed by atoms with E-state index in [0.717, 1.165) is 45.8 Å². The van der Waals surface area contributed by atoms with Crippen LogP contribution < -0.4 is 0 Å². The number of rotatable bonds is 3. The number of nitrogens with zero attached hydrogens (tertiary/aromatic N) is 1. The molecular weight excluding hydrogens is 406 g/mol. The molecule has 3 aromatic rings. The third-order valence-electron chi connectivity index (χ3n) is 8.53. The van der Waals surface area contributed by atoms with Crippen molar-refractivity contribution in [3.8, 4) is 0 Å². The Hall–Kier alpha value is -2.42. The summed E-state index contributed by atoms with van der Waals surface area (Å²) < 4.78 is 5.82. The minimum Gasteiger partial charge on any atom is -0.456 e. The summed E-state index contributed by atoms with van der Waals surface area (Å²) in [6.07, 6.45) is 11.6. The lowest BCUT2D eigenvalue weighted by Gasteiger charge is -2.57. The fourth-order valence-electron chi connectivity index (χ4n) is 7.81. The molecule has 0 unspecified atom stereocenters. The van der Waals surface area contributed by atoms with Gasteiger partial charge < -0.3 is 4.74 Å².